The average Bonchev–Trinajstić information content (AvgIpc) is 2.66. The third-order valence-electron chi connectivity index (χ3n) is 4.47. The van der Waals surface area contributed by atoms with Crippen molar-refractivity contribution >= 4 is 22.5 Å². The molecular weight excluding hydrogens is 344 g/mol. The summed E-state index contributed by atoms with van der Waals surface area (Å²) >= 11 is 6.03. The first-order valence-electron chi connectivity index (χ1n) is 8.43. The molecule has 0 atom stereocenters. The molecule has 0 aliphatic heterocycles. The summed E-state index contributed by atoms with van der Waals surface area (Å²) in [5, 5.41) is 1.29. The second-order valence-corrected chi connectivity index (χ2v) is 6.73. The number of halogens is 1. The number of hydrogen-bond acceptors (Lipinski definition) is 2. The highest BCUT2D eigenvalue weighted by molar-refractivity contribution is 6.30. The minimum atomic E-state index is -0.0347. The van der Waals surface area contributed by atoms with Crippen LogP contribution in [0.15, 0.2) is 77.6 Å². The molecule has 0 amide bonds. The summed E-state index contributed by atoms with van der Waals surface area (Å²) in [6, 6.07) is 23.1. The lowest BCUT2D eigenvalue weighted by Gasteiger charge is -2.15. The molecule has 3 nitrogen and oxygen atoms in total. The van der Waals surface area contributed by atoms with Gasteiger partial charge in [-0.3, -0.25) is 9.36 Å². The number of aromatic nitrogens is 2. The molecule has 0 saturated carbocycles. The van der Waals surface area contributed by atoms with Crippen LogP contribution >= 0.6 is 11.6 Å². The Morgan fingerprint density at radius 1 is 0.923 bits per heavy atom. The van der Waals surface area contributed by atoms with Crippen LogP contribution in [0.25, 0.3) is 22.3 Å². The van der Waals surface area contributed by atoms with Crippen molar-refractivity contribution in [3.8, 4) is 11.4 Å². The van der Waals surface area contributed by atoms with Crippen LogP contribution in [-0.2, 0) is 6.54 Å². The number of para-hydroxylation sites is 1. The van der Waals surface area contributed by atoms with Crippen molar-refractivity contribution in [2.75, 3.05) is 0 Å². The quantitative estimate of drug-likeness (QED) is 0.511. The highest BCUT2D eigenvalue weighted by Crippen LogP contribution is 2.23. The van der Waals surface area contributed by atoms with Gasteiger partial charge >= 0.3 is 0 Å². The first-order chi connectivity index (χ1) is 12.6. The summed E-state index contributed by atoms with van der Waals surface area (Å²) in [6.07, 6.45) is 0. The molecule has 3 aromatic carbocycles. The molecule has 4 rings (SSSR count). The van der Waals surface area contributed by atoms with Gasteiger partial charge in [-0.2, -0.15) is 0 Å². The van der Waals surface area contributed by atoms with E-state index in [0.29, 0.717) is 22.8 Å². The van der Waals surface area contributed by atoms with Gasteiger partial charge in [-0.05, 0) is 48.4 Å². The Morgan fingerprint density at radius 2 is 1.65 bits per heavy atom. The largest absolute Gasteiger partial charge is 0.288 e. The fourth-order valence-electron chi connectivity index (χ4n) is 3.12. The number of nitrogens with zero attached hydrogens (tertiary/aromatic N) is 2. The molecule has 0 N–H and O–H groups in total. The van der Waals surface area contributed by atoms with Crippen LogP contribution in [0.3, 0.4) is 0 Å². The Balaban J connectivity index is 2.00. The Bertz CT molecular complexity index is 1130. The first kappa shape index (κ1) is 16.6. The molecule has 1 heterocycles. The summed E-state index contributed by atoms with van der Waals surface area (Å²) in [5.41, 5.74) is 3.62. The van der Waals surface area contributed by atoms with E-state index in [2.05, 4.69) is 0 Å². The summed E-state index contributed by atoms with van der Waals surface area (Å²) in [5.74, 6) is 0.650. The van der Waals surface area contributed by atoms with E-state index in [0.717, 1.165) is 22.2 Å². The normalized spacial score (nSPS) is 11.0. The van der Waals surface area contributed by atoms with Crippen LogP contribution in [-0.4, -0.2) is 9.55 Å². The van der Waals surface area contributed by atoms with E-state index in [-0.39, 0.29) is 5.56 Å². The highest BCUT2D eigenvalue weighted by Gasteiger charge is 2.14. The molecule has 26 heavy (non-hydrogen) atoms. The monoisotopic (exact) mass is 360 g/mol. The van der Waals surface area contributed by atoms with Gasteiger partial charge in [-0.1, -0.05) is 54.1 Å². The van der Waals surface area contributed by atoms with Crippen molar-refractivity contribution in [2.24, 2.45) is 0 Å². The van der Waals surface area contributed by atoms with Crippen LogP contribution in [0.1, 0.15) is 11.1 Å². The third-order valence-corrected chi connectivity index (χ3v) is 4.72. The highest BCUT2D eigenvalue weighted by atomic mass is 35.5. The van der Waals surface area contributed by atoms with Crippen molar-refractivity contribution in [3.05, 3.63) is 99.3 Å². The van der Waals surface area contributed by atoms with Crippen LogP contribution in [0.4, 0.5) is 0 Å². The molecule has 0 spiro atoms. The van der Waals surface area contributed by atoms with Crippen LogP contribution in [0.5, 0.6) is 0 Å². The molecule has 0 unspecified atom stereocenters. The summed E-state index contributed by atoms with van der Waals surface area (Å²) in [6.45, 7) is 2.44. The molecule has 4 aromatic rings. The van der Waals surface area contributed by atoms with Gasteiger partial charge in [0.15, 0.2) is 0 Å². The lowest BCUT2D eigenvalue weighted by molar-refractivity contribution is 0.759. The van der Waals surface area contributed by atoms with Crippen molar-refractivity contribution < 1.29 is 0 Å². The van der Waals surface area contributed by atoms with Gasteiger partial charge < -0.3 is 0 Å². The van der Waals surface area contributed by atoms with Crippen molar-refractivity contribution in [2.45, 2.75) is 13.5 Å². The Morgan fingerprint density at radius 3 is 2.38 bits per heavy atom. The Hall–Kier alpha value is -2.91. The Kier molecular flexibility index (Phi) is 4.31. The number of hydrogen-bond donors (Lipinski definition) is 0. The maximum atomic E-state index is 13.2. The van der Waals surface area contributed by atoms with Gasteiger partial charge in [-0.25, -0.2) is 4.98 Å². The predicted octanol–water partition coefficient (Wildman–Crippen LogP) is 5.07. The van der Waals surface area contributed by atoms with E-state index in [9.17, 15) is 4.79 Å². The lowest BCUT2D eigenvalue weighted by atomic mass is 10.1. The molecule has 128 valence electrons. The van der Waals surface area contributed by atoms with E-state index >= 15 is 0 Å². The molecule has 1 aromatic heterocycles. The fraction of sp³-hybridized carbons (Fsp3) is 0.0909. The van der Waals surface area contributed by atoms with Gasteiger partial charge in [0, 0.05) is 10.6 Å². The van der Waals surface area contributed by atoms with Crippen molar-refractivity contribution in [1.82, 2.24) is 9.55 Å². The maximum absolute atomic E-state index is 13.2. The second-order valence-electron chi connectivity index (χ2n) is 6.29. The molecule has 0 aliphatic carbocycles. The van der Waals surface area contributed by atoms with E-state index < -0.39 is 0 Å². The van der Waals surface area contributed by atoms with Crippen molar-refractivity contribution in [3.63, 3.8) is 0 Å². The molecule has 0 radical (unpaired) electrons. The standard InChI is InChI=1S/C22H17ClN2O/c1-15-6-5-9-19-20(15)24-21(17-10-12-18(23)13-11-17)25(22(19)26)14-16-7-3-2-4-8-16/h2-13H,14H2,1H3. The maximum Gasteiger partial charge on any atom is 0.261 e. The summed E-state index contributed by atoms with van der Waals surface area (Å²) in [4.78, 5) is 18.1. The van der Waals surface area contributed by atoms with E-state index in [1.54, 1.807) is 4.57 Å². The van der Waals surface area contributed by atoms with Crippen LogP contribution in [0.2, 0.25) is 5.02 Å². The van der Waals surface area contributed by atoms with Crippen LogP contribution in [0, 0.1) is 6.92 Å². The van der Waals surface area contributed by atoms with Gasteiger partial charge in [0.2, 0.25) is 0 Å². The van der Waals surface area contributed by atoms with E-state index in [1.807, 2.05) is 79.7 Å². The molecule has 0 fully saturated rings. The van der Waals surface area contributed by atoms with Gasteiger partial charge in [-0.15, -0.1) is 0 Å². The summed E-state index contributed by atoms with van der Waals surface area (Å²) < 4.78 is 1.74. The average molecular weight is 361 g/mol. The zero-order valence-electron chi connectivity index (χ0n) is 14.3. The molecular formula is C22H17ClN2O. The van der Waals surface area contributed by atoms with Crippen LogP contribution < -0.4 is 5.56 Å². The fourth-order valence-corrected chi connectivity index (χ4v) is 3.25. The van der Waals surface area contributed by atoms with Gasteiger partial charge in [0.1, 0.15) is 5.82 Å². The third kappa shape index (κ3) is 3.02. The number of rotatable bonds is 3. The SMILES string of the molecule is Cc1cccc2c(=O)n(Cc3ccccc3)c(-c3ccc(Cl)cc3)nc12. The van der Waals surface area contributed by atoms with E-state index in [4.69, 9.17) is 16.6 Å². The zero-order chi connectivity index (χ0) is 18.1. The number of fused-ring (bicyclic) bond motifs is 1. The molecule has 4 heteroatoms. The smallest absolute Gasteiger partial charge is 0.261 e. The second kappa shape index (κ2) is 6.77. The Labute approximate surface area is 156 Å². The van der Waals surface area contributed by atoms with Crippen molar-refractivity contribution in [1.29, 1.82) is 0 Å². The van der Waals surface area contributed by atoms with Gasteiger partial charge in [0.25, 0.3) is 5.56 Å². The molecule has 0 aliphatic rings. The summed E-state index contributed by atoms with van der Waals surface area (Å²) in [7, 11) is 0. The lowest BCUT2D eigenvalue weighted by Crippen LogP contribution is -2.24. The molecule has 0 bridgehead atoms. The topological polar surface area (TPSA) is 34.9 Å². The number of aryl methyl sites for hydroxylation is 1. The zero-order valence-corrected chi connectivity index (χ0v) is 15.1. The first-order valence-corrected chi connectivity index (χ1v) is 8.81. The van der Waals surface area contributed by atoms with Gasteiger partial charge in [0.05, 0.1) is 17.4 Å². The number of benzene rings is 3. The molecule has 0 saturated heterocycles. The predicted molar refractivity (Wildman–Crippen MR) is 107 cm³/mol. The minimum Gasteiger partial charge on any atom is -0.288 e. The minimum absolute atomic E-state index is 0.0347. The van der Waals surface area contributed by atoms with E-state index in [1.165, 1.54) is 0 Å².